The minimum atomic E-state index is 0.663. The topological polar surface area (TPSA) is 29.3 Å². The maximum Gasteiger partial charge on any atom is 0.0257 e. The largest absolute Gasteiger partial charge is 0.329 e. The van der Waals surface area contributed by atoms with Gasteiger partial charge in [-0.15, -0.1) is 0 Å². The lowest BCUT2D eigenvalue weighted by atomic mass is 9.96. The van der Waals surface area contributed by atoms with Crippen molar-refractivity contribution in [2.24, 2.45) is 17.6 Å². The maximum absolute atomic E-state index is 6.07. The Hall–Kier alpha value is 0.270. The van der Waals surface area contributed by atoms with Crippen molar-refractivity contribution >= 4 is 11.8 Å². The van der Waals surface area contributed by atoms with E-state index in [1.165, 1.54) is 43.7 Å². The number of nitrogens with zero attached hydrogens (tertiary/aromatic N) is 1. The second kappa shape index (κ2) is 6.44. The van der Waals surface area contributed by atoms with E-state index in [1.807, 2.05) is 0 Å². The third kappa shape index (κ3) is 3.87. The molecule has 2 aliphatic rings. The van der Waals surface area contributed by atoms with Crippen molar-refractivity contribution < 1.29 is 0 Å². The maximum atomic E-state index is 6.07. The quantitative estimate of drug-likeness (QED) is 0.759. The summed E-state index contributed by atoms with van der Waals surface area (Å²) in [6.45, 7) is 6.78. The highest BCUT2D eigenvalue weighted by atomic mass is 32.2. The van der Waals surface area contributed by atoms with Gasteiger partial charge >= 0.3 is 0 Å². The summed E-state index contributed by atoms with van der Waals surface area (Å²) in [5.41, 5.74) is 6.07. The fourth-order valence-corrected chi connectivity index (χ4v) is 4.22. The molecule has 2 atom stereocenters. The highest BCUT2D eigenvalue weighted by Crippen LogP contribution is 2.35. The van der Waals surface area contributed by atoms with E-state index in [0.29, 0.717) is 6.04 Å². The van der Waals surface area contributed by atoms with E-state index in [4.69, 9.17) is 5.73 Å². The molecule has 17 heavy (non-hydrogen) atoms. The number of thioether (sulfide) groups is 1. The van der Waals surface area contributed by atoms with Crippen molar-refractivity contribution in [1.29, 1.82) is 0 Å². The lowest BCUT2D eigenvalue weighted by Crippen LogP contribution is -2.47. The zero-order chi connectivity index (χ0) is 12.3. The first-order valence-corrected chi connectivity index (χ1v) is 8.41. The molecule has 2 rings (SSSR count). The molecule has 0 spiro atoms. The lowest BCUT2D eigenvalue weighted by molar-refractivity contribution is 0.138. The molecular formula is C14H28N2S. The molecule has 1 saturated carbocycles. The first-order chi connectivity index (χ1) is 8.22. The first-order valence-electron chi connectivity index (χ1n) is 7.26. The van der Waals surface area contributed by atoms with Gasteiger partial charge in [0, 0.05) is 18.6 Å². The van der Waals surface area contributed by atoms with Gasteiger partial charge in [0.1, 0.15) is 0 Å². The summed E-state index contributed by atoms with van der Waals surface area (Å²) < 4.78 is 0. The molecule has 100 valence electrons. The third-order valence-corrected chi connectivity index (χ3v) is 5.35. The summed E-state index contributed by atoms with van der Waals surface area (Å²) in [5, 5.41) is 0. The van der Waals surface area contributed by atoms with E-state index < -0.39 is 0 Å². The van der Waals surface area contributed by atoms with Gasteiger partial charge in [0.15, 0.2) is 0 Å². The molecule has 1 heterocycles. The Morgan fingerprint density at radius 2 is 2.06 bits per heavy atom. The van der Waals surface area contributed by atoms with Crippen molar-refractivity contribution in [2.75, 3.05) is 24.6 Å². The highest BCUT2D eigenvalue weighted by molar-refractivity contribution is 7.99. The van der Waals surface area contributed by atoms with E-state index >= 15 is 0 Å². The molecule has 1 aliphatic carbocycles. The van der Waals surface area contributed by atoms with Gasteiger partial charge in [0.25, 0.3) is 0 Å². The van der Waals surface area contributed by atoms with E-state index in [1.54, 1.807) is 0 Å². The Labute approximate surface area is 111 Å². The number of rotatable bonds is 7. The van der Waals surface area contributed by atoms with E-state index in [0.717, 1.165) is 24.4 Å². The molecule has 0 amide bonds. The number of nitrogens with two attached hydrogens (primary N) is 1. The molecule has 2 unspecified atom stereocenters. The molecule has 2 nitrogen and oxygen atoms in total. The Balaban J connectivity index is 1.91. The van der Waals surface area contributed by atoms with Crippen LogP contribution in [0.1, 0.15) is 39.5 Å². The van der Waals surface area contributed by atoms with Crippen LogP contribution < -0.4 is 5.73 Å². The zero-order valence-corrected chi connectivity index (χ0v) is 12.2. The first kappa shape index (κ1) is 13.7. The Morgan fingerprint density at radius 1 is 1.29 bits per heavy atom. The van der Waals surface area contributed by atoms with E-state index in [9.17, 15) is 0 Å². The summed E-state index contributed by atoms with van der Waals surface area (Å²) in [6.07, 6.45) is 5.53. The molecule has 0 radical (unpaired) electrons. The van der Waals surface area contributed by atoms with Crippen molar-refractivity contribution in [3.8, 4) is 0 Å². The average Bonchev–Trinajstić information content (AvgIpc) is 3.00. The standard InChI is InChI=1S/C14H28N2S/c1-11(2)5-7-16(13-3-4-13)14(9-15)12-6-8-17-10-12/h11-14H,3-10,15H2,1-2H3. The van der Waals surface area contributed by atoms with Crippen LogP contribution in [0.5, 0.6) is 0 Å². The molecule has 1 saturated heterocycles. The van der Waals surface area contributed by atoms with Gasteiger partial charge in [0.2, 0.25) is 0 Å². The molecule has 2 N–H and O–H groups in total. The van der Waals surface area contributed by atoms with Crippen molar-refractivity contribution in [3.05, 3.63) is 0 Å². The third-order valence-electron chi connectivity index (χ3n) is 4.16. The van der Waals surface area contributed by atoms with Gasteiger partial charge in [0.05, 0.1) is 0 Å². The second-order valence-corrected chi connectivity index (χ2v) is 7.23. The summed E-state index contributed by atoms with van der Waals surface area (Å²) in [6, 6.07) is 1.53. The van der Waals surface area contributed by atoms with Crippen molar-refractivity contribution in [2.45, 2.75) is 51.6 Å². The second-order valence-electron chi connectivity index (χ2n) is 6.08. The molecule has 0 aromatic rings. The molecule has 0 aromatic carbocycles. The normalized spacial score (nSPS) is 27.0. The predicted octanol–water partition coefficient (Wildman–Crippen LogP) is 2.58. The lowest BCUT2D eigenvalue weighted by Gasteiger charge is -2.35. The Morgan fingerprint density at radius 3 is 2.53 bits per heavy atom. The highest BCUT2D eigenvalue weighted by Gasteiger charge is 2.37. The Bertz CT molecular complexity index is 222. The summed E-state index contributed by atoms with van der Waals surface area (Å²) in [7, 11) is 0. The minimum absolute atomic E-state index is 0.663. The molecule has 2 fully saturated rings. The van der Waals surface area contributed by atoms with Gasteiger partial charge < -0.3 is 5.73 Å². The SMILES string of the molecule is CC(C)CCN(C1CC1)C(CN)C1CCSC1. The van der Waals surface area contributed by atoms with Crippen LogP contribution in [0.4, 0.5) is 0 Å². The smallest absolute Gasteiger partial charge is 0.0257 e. The van der Waals surface area contributed by atoms with Crippen LogP contribution in [0.2, 0.25) is 0 Å². The fraction of sp³-hybridized carbons (Fsp3) is 1.00. The predicted molar refractivity (Wildman–Crippen MR) is 77.5 cm³/mol. The number of hydrogen-bond donors (Lipinski definition) is 1. The van der Waals surface area contributed by atoms with E-state index in [-0.39, 0.29) is 0 Å². The van der Waals surface area contributed by atoms with Gasteiger partial charge in [-0.1, -0.05) is 13.8 Å². The van der Waals surface area contributed by atoms with Crippen molar-refractivity contribution in [1.82, 2.24) is 4.90 Å². The average molecular weight is 256 g/mol. The molecule has 0 bridgehead atoms. The van der Waals surface area contributed by atoms with Gasteiger partial charge in [-0.25, -0.2) is 0 Å². The summed E-state index contributed by atoms with van der Waals surface area (Å²) in [4.78, 5) is 2.76. The fourth-order valence-electron chi connectivity index (χ4n) is 2.89. The van der Waals surface area contributed by atoms with Crippen molar-refractivity contribution in [3.63, 3.8) is 0 Å². The van der Waals surface area contributed by atoms with Crippen LogP contribution in [0, 0.1) is 11.8 Å². The monoisotopic (exact) mass is 256 g/mol. The minimum Gasteiger partial charge on any atom is -0.329 e. The van der Waals surface area contributed by atoms with Gasteiger partial charge in [-0.3, -0.25) is 4.90 Å². The molecule has 1 aliphatic heterocycles. The van der Waals surface area contributed by atoms with E-state index in [2.05, 4.69) is 30.5 Å². The Kier molecular flexibility index (Phi) is 5.19. The molecule has 0 aromatic heterocycles. The zero-order valence-electron chi connectivity index (χ0n) is 11.4. The van der Waals surface area contributed by atoms with Crippen LogP contribution in [0.15, 0.2) is 0 Å². The van der Waals surface area contributed by atoms with Gasteiger partial charge in [-0.2, -0.15) is 11.8 Å². The van der Waals surface area contributed by atoms with Gasteiger partial charge in [-0.05, 0) is 55.6 Å². The summed E-state index contributed by atoms with van der Waals surface area (Å²) >= 11 is 2.12. The molecular weight excluding hydrogens is 228 g/mol. The molecule has 3 heteroatoms. The van der Waals surface area contributed by atoms with Crippen LogP contribution in [0.25, 0.3) is 0 Å². The van der Waals surface area contributed by atoms with Crippen LogP contribution in [-0.4, -0.2) is 41.6 Å². The number of hydrogen-bond acceptors (Lipinski definition) is 3. The van der Waals surface area contributed by atoms with Crippen LogP contribution in [-0.2, 0) is 0 Å². The van der Waals surface area contributed by atoms with Crippen LogP contribution in [0.3, 0.4) is 0 Å². The van der Waals surface area contributed by atoms with Crippen LogP contribution >= 0.6 is 11.8 Å². The summed E-state index contributed by atoms with van der Waals surface area (Å²) in [5.74, 6) is 4.36.